The van der Waals surface area contributed by atoms with Gasteiger partial charge in [0.25, 0.3) is 0 Å². The van der Waals surface area contributed by atoms with E-state index in [0.29, 0.717) is 13.0 Å². The van der Waals surface area contributed by atoms with Crippen molar-refractivity contribution in [3.8, 4) is 5.75 Å². The van der Waals surface area contributed by atoms with Gasteiger partial charge in [-0.15, -0.1) is 0 Å². The van der Waals surface area contributed by atoms with Gasteiger partial charge in [0, 0.05) is 5.33 Å². The Bertz CT molecular complexity index is 248. The van der Waals surface area contributed by atoms with Crippen molar-refractivity contribution < 1.29 is 9.13 Å². The minimum atomic E-state index is -0.258. The van der Waals surface area contributed by atoms with Gasteiger partial charge >= 0.3 is 0 Å². The van der Waals surface area contributed by atoms with Gasteiger partial charge in [0.05, 0.1) is 13.3 Å². The van der Waals surface area contributed by atoms with E-state index in [1.807, 2.05) is 24.3 Å². The molecule has 0 bridgehead atoms. The predicted molar refractivity (Wildman–Crippen MR) is 59.8 cm³/mol. The Balaban J connectivity index is 2.29. The summed E-state index contributed by atoms with van der Waals surface area (Å²) in [7, 11) is 0. The zero-order valence-electron chi connectivity index (χ0n) is 8.01. The lowest BCUT2D eigenvalue weighted by molar-refractivity contribution is 0.297. The number of hydrogen-bond donors (Lipinski definition) is 0. The fourth-order valence-electron chi connectivity index (χ4n) is 1.06. The summed E-state index contributed by atoms with van der Waals surface area (Å²) >= 11 is 3.37. The number of unbranched alkanes of at least 4 members (excludes halogenated alkanes) is 1. The molecule has 0 saturated heterocycles. The van der Waals surface area contributed by atoms with Crippen molar-refractivity contribution in [3.63, 3.8) is 0 Å². The summed E-state index contributed by atoms with van der Waals surface area (Å²) in [5.74, 6) is 0.855. The first-order valence-corrected chi connectivity index (χ1v) is 5.82. The molecule has 0 N–H and O–H groups in total. The average Bonchev–Trinajstić information content (AvgIpc) is 2.25. The molecule has 0 aliphatic carbocycles. The SMILES string of the molecule is FCCCCOc1ccc(CBr)cc1. The molecule has 0 aliphatic rings. The molecule has 0 atom stereocenters. The lowest BCUT2D eigenvalue weighted by Gasteiger charge is -2.05. The minimum absolute atomic E-state index is 0.258. The predicted octanol–water partition coefficient (Wildman–Crippen LogP) is 3.71. The third-order valence-electron chi connectivity index (χ3n) is 1.87. The number of rotatable bonds is 6. The minimum Gasteiger partial charge on any atom is -0.494 e. The molecule has 0 fully saturated rings. The van der Waals surface area contributed by atoms with E-state index in [-0.39, 0.29) is 6.67 Å². The number of halogens is 2. The quantitative estimate of drug-likeness (QED) is 0.560. The molecule has 14 heavy (non-hydrogen) atoms. The van der Waals surface area contributed by atoms with Crippen LogP contribution in [0.2, 0.25) is 0 Å². The van der Waals surface area contributed by atoms with Crippen LogP contribution in [0, 0.1) is 0 Å². The molecular weight excluding hydrogens is 247 g/mol. The standard InChI is InChI=1S/C11H14BrFO/c12-9-10-3-5-11(6-4-10)14-8-2-1-7-13/h3-6H,1-2,7-9H2. The van der Waals surface area contributed by atoms with Crippen molar-refractivity contribution in [2.45, 2.75) is 18.2 Å². The van der Waals surface area contributed by atoms with E-state index in [1.54, 1.807) is 0 Å². The Kier molecular flexibility index (Phi) is 5.60. The average molecular weight is 261 g/mol. The third-order valence-corrected chi connectivity index (χ3v) is 2.52. The first kappa shape index (κ1) is 11.5. The van der Waals surface area contributed by atoms with Crippen LogP contribution in [0.4, 0.5) is 4.39 Å². The van der Waals surface area contributed by atoms with E-state index in [9.17, 15) is 4.39 Å². The summed E-state index contributed by atoms with van der Waals surface area (Å²) in [4.78, 5) is 0. The molecule has 0 saturated carbocycles. The summed E-state index contributed by atoms with van der Waals surface area (Å²) in [6.45, 7) is 0.337. The highest BCUT2D eigenvalue weighted by molar-refractivity contribution is 9.08. The van der Waals surface area contributed by atoms with Crippen LogP contribution >= 0.6 is 15.9 Å². The first-order chi connectivity index (χ1) is 6.86. The van der Waals surface area contributed by atoms with E-state index >= 15 is 0 Å². The summed E-state index contributed by atoms with van der Waals surface area (Å²) in [5.41, 5.74) is 1.22. The maximum atomic E-state index is 11.8. The highest BCUT2D eigenvalue weighted by Gasteiger charge is 1.94. The van der Waals surface area contributed by atoms with Crippen LogP contribution < -0.4 is 4.74 Å². The lowest BCUT2D eigenvalue weighted by atomic mass is 10.2. The van der Waals surface area contributed by atoms with Crippen LogP contribution in [0.1, 0.15) is 18.4 Å². The molecule has 0 unspecified atom stereocenters. The summed E-state index contributed by atoms with van der Waals surface area (Å²) in [6, 6.07) is 7.90. The number of hydrogen-bond acceptors (Lipinski definition) is 1. The molecule has 0 radical (unpaired) electrons. The van der Waals surface area contributed by atoms with Gasteiger partial charge in [0.1, 0.15) is 5.75 Å². The van der Waals surface area contributed by atoms with E-state index in [4.69, 9.17) is 4.74 Å². The second-order valence-corrected chi connectivity index (χ2v) is 3.58. The Morgan fingerprint density at radius 1 is 1.14 bits per heavy atom. The van der Waals surface area contributed by atoms with Crippen LogP contribution in [-0.4, -0.2) is 13.3 Å². The second kappa shape index (κ2) is 6.82. The van der Waals surface area contributed by atoms with Crippen molar-refractivity contribution in [2.75, 3.05) is 13.3 Å². The number of ether oxygens (including phenoxy) is 1. The Morgan fingerprint density at radius 2 is 1.86 bits per heavy atom. The molecule has 0 aliphatic heterocycles. The van der Waals surface area contributed by atoms with Crippen LogP contribution in [0.3, 0.4) is 0 Å². The van der Waals surface area contributed by atoms with Crippen molar-refractivity contribution in [1.82, 2.24) is 0 Å². The van der Waals surface area contributed by atoms with Crippen LogP contribution in [0.25, 0.3) is 0 Å². The van der Waals surface area contributed by atoms with Gasteiger partial charge in [-0.25, -0.2) is 0 Å². The molecule has 1 aromatic carbocycles. The number of benzene rings is 1. The Morgan fingerprint density at radius 3 is 2.43 bits per heavy atom. The smallest absolute Gasteiger partial charge is 0.119 e. The first-order valence-electron chi connectivity index (χ1n) is 4.70. The van der Waals surface area contributed by atoms with Gasteiger partial charge in [-0.2, -0.15) is 0 Å². The van der Waals surface area contributed by atoms with Crippen LogP contribution in [0.5, 0.6) is 5.75 Å². The lowest BCUT2D eigenvalue weighted by Crippen LogP contribution is -1.97. The normalized spacial score (nSPS) is 10.1. The Labute approximate surface area is 92.4 Å². The van der Waals surface area contributed by atoms with Gasteiger partial charge < -0.3 is 4.74 Å². The largest absolute Gasteiger partial charge is 0.494 e. The third kappa shape index (κ3) is 4.09. The molecule has 1 rings (SSSR count). The van der Waals surface area contributed by atoms with E-state index in [1.165, 1.54) is 5.56 Å². The van der Waals surface area contributed by atoms with Gasteiger partial charge in [-0.3, -0.25) is 4.39 Å². The fourth-order valence-corrected chi connectivity index (χ4v) is 1.44. The molecule has 78 valence electrons. The highest BCUT2D eigenvalue weighted by Crippen LogP contribution is 2.14. The zero-order chi connectivity index (χ0) is 10.2. The van der Waals surface area contributed by atoms with E-state index in [2.05, 4.69) is 15.9 Å². The van der Waals surface area contributed by atoms with Gasteiger partial charge in [-0.05, 0) is 30.5 Å². The van der Waals surface area contributed by atoms with E-state index in [0.717, 1.165) is 17.5 Å². The summed E-state index contributed by atoms with van der Waals surface area (Å²) in [6.07, 6.45) is 1.36. The van der Waals surface area contributed by atoms with Crippen LogP contribution in [0.15, 0.2) is 24.3 Å². The molecule has 0 heterocycles. The van der Waals surface area contributed by atoms with Crippen molar-refractivity contribution in [3.05, 3.63) is 29.8 Å². The van der Waals surface area contributed by atoms with Crippen molar-refractivity contribution in [1.29, 1.82) is 0 Å². The second-order valence-electron chi connectivity index (χ2n) is 3.02. The molecule has 3 heteroatoms. The molecule has 0 aromatic heterocycles. The maximum Gasteiger partial charge on any atom is 0.119 e. The van der Waals surface area contributed by atoms with Gasteiger partial charge in [0.15, 0.2) is 0 Å². The Hall–Kier alpha value is -0.570. The van der Waals surface area contributed by atoms with Crippen molar-refractivity contribution >= 4 is 15.9 Å². The summed E-state index contributed by atoms with van der Waals surface area (Å²) in [5, 5.41) is 0.856. The summed E-state index contributed by atoms with van der Waals surface area (Å²) < 4.78 is 17.2. The molecule has 1 nitrogen and oxygen atoms in total. The molecule has 0 amide bonds. The van der Waals surface area contributed by atoms with Crippen LogP contribution in [-0.2, 0) is 5.33 Å². The molecular formula is C11H14BrFO. The van der Waals surface area contributed by atoms with Gasteiger partial charge in [0.2, 0.25) is 0 Å². The number of alkyl halides is 2. The molecule has 1 aromatic rings. The molecule has 0 spiro atoms. The van der Waals surface area contributed by atoms with Crippen molar-refractivity contribution in [2.24, 2.45) is 0 Å². The fraction of sp³-hybridized carbons (Fsp3) is 0.455. The monoisotopic (exact) mass is 260 g/mol. The maximum absolute atomic E-state index is 11.8. The van der Waals surface area contributed by atoms with Gasteiger partial charge in [-0.1, -0.05) is 28.1 Å². The van der Waals surface area contributed by atoms with E-state index < -0.39 is 0 Å². The zero-order valence-corrected chi connectivity index (χ0v) is 9.60. The topological polar surface area (TPSA) is 9.23 Å². The highest BCUT2D eigenvalue weighted by atomic mass is 79.9.